The highest BCUT2D eigenvalue weighted by atomic mass is 28.3. The maximum atomic E-state index is 14.8. The smallest absolute Gasteiger partial charge is 0.338 e. The van der Waals surface area contributed by atoms with Crippen LogP contribution in [0.2, 0.25) is 0 Å². The summed E-state index contributed by atoms with van der Waals surface area (Å²) in [6.45, 7) is 2.46. The molecule has 0 saturated heterocycles. The third kappa shape index (κ3) is 6.57. The molecule has 0 unspecified atom stereocenters. The molecule has 0 saturated carbocycles. The summed E-state index contributed by atoms with van der Waals surface area (Å²) in [4.78, 5) is 29.3. The van der Waals surface area contributed by atoms with Crippen molar-refractivity contribution < 1.29 is 19.1 Å². The molecular weight excluding hydrogens is 1010 g/mol. The highest BCUT2D eigenvalue weighted by Crippen LogP contribution is 2.48. The lowest BCUT2D eigenvalue weighted by Gasteiger charge is -2.38. The normalized spacial score (nSPS) is 12.8. The number of esters is 2. The highest BCUT2D eigenvalue weighted by molar-refractivity contribution is 7.21. The van der Waals surface area contributed by atoms with E-state index in [1.54, 1.807) is 0 Å². The number of benzene rings is 13. The Bertz CT molecular complexity index is 4750. The van der Waals surface area contributed by atoms with Gasteiger partial charge in [-0.2, -0.15) is 0 Å². The van der Waals surface area contributed by atoms with E-state index in [1.807, 2.05) is 60.7 Å². The molecular formula is C75H48B2O4Si. The van der Waals surface area contributed by atoms with E-state index in [4.69, 9.17) is 9.47 Å². The van der Waals surface area contributed by atoms with Crippen LogP contribution in [0.15, 0.2) is 249 Å². The Kier molecular flexibility index (Phi) is 10.2. The Balaban J connectivity index is 1.03. The van der Waals surface area contributed by atoms with E-state index >= 15 is 0 Å². The van der Waals surface area contributed by atoms with Crippen LogP contribution in [-0.2, 0) is 22.7 Å². The molecule has 0 radical (unpaired) electrons. The Morgan fingerprint density at radius 3 is 1.17 bits per heavy atom. The van der Waals surface area contributed by atoms with Crippen LogP contribution in [0.5, 0.6) is 0 Å². The Morgan fingerprint density at radius 2 is 0.720 bits per heavy atom. The van der Waals surface area contributed by atoms with Gasteiger partial charge in [-0.15, -0.1) is 0 Å². The van der Waals surface area contributed by atoms with Crippen molar-refractivity contribution in [2.24, 2.45) is 0 Å². The lowest BCUT2D eigenvalue weighted by atomic mass is 9.34. The molecule has 382 valence electrons. The van der Waals surface area contributed by atoms with Crippen molar-refractivity contribution >= 4 is 119 Å². The average molecular weight is 1060 g/mol. The lowest BCUT2D eigenvalue weighted by Crippen LogP contribution is -2.75. The van der Waals surface area contributed by atoms with E-state index in [0.717, 1.165) is 55.6 Å². The summed E-state index contributed by atoms with van der Waals surface area (Å²) < 4.78 is 12.4. The van der Waals surface area contributed by atoms with Gasteiger partial charge in [-0.1, -0.05) is 257 Å². The van der Waals surface area contributed by atoms with Crippen LogP contribution in [0.3, 0.4) is 0 Å². The number of carbonyl (C=O) groups excluding carboxylic acids is 2. The first kappa shape index (κ1) is 47.0. The minimum Gasteiger partial charge on any atom is -0.457 e. The molecule has 4 nitrogen and oxygen atoms in total. The highest BCUT2D eigenvalue weighted by Gasteiger charge is 2.48. The fourth-order valence-electron chi connectivity index (χ4n) is 15.3. The van der Waals surface area contributed by atoms with Crippen LogP contribution >= 0.6 is 0 Å². The number of ether oxygens (including phenoxy) is 2. The first-order valence-corrected chi connectivity index (χ1v) is 30.4. The second-order valence-electron chi connectivity index (χ2n) is 22.7. The van der Waals surface area contributed by atoms with Gasteiger partial charge in [0.2, 0.25) is 13.4 Å². The molecule has 4 heterocycles. The molecule has 13 aromatic carbocycles. The molecule has 13 aromatic rings. The molecule has 82 heavy (non-hydrogen) atoms. The van der Waals surface area contributed by atoms with Crippen LogP contribution in [-0.4, -0.2) is 33.4 Å². The van der Waals surface area contributed by atoms with E-state index in [9.17, 15) is 9.59 Å². The van der Waals surface area contributed by atoms with E-state index in [1.165, 1.54) is 91.4 Å². The second-order valence-corrected chi connectivity index (χ2v) is 26.5. The summed E-state index contributed by atoms with van der Waals surface area (Å²) in [6.07, 6.45) is 0. The minimum absolute atomic E-state index is 0.0826. The molecule has 0 bridgehead atoms. The topological polar surface area (TPSA) is 52.6 Å². The fourth-order valence-corrected chi connectivity index (χ4v) is 20.2. The maximum Gasteiger partial charge on any atom is 0.338 e. The van der Waals surface area contributed by atoms with Gasteiger partial charge in [0.25, 0.3) is 0 Å². The molecule has 0 fully saturated rings. The van der Waals surface area contributed by atoms with Crippen molar-refractivity contribution in [2.75, 3.05) is 0 Å². The summed E-state index contributed by atoms with van der Waals surface area (Å²) in [5.74, 6) is -0.688. The third-order valence-electron chi connectivity index (χ3n) is 18.6. The first-order valence-electron chi connectivity index (χ1n) is 28.4. The van der Waals surface area contributed by atoms with Gasteiger partial charge in [0.1, 0.15) is 13.2 Å². The standard InChI is InChI=1S/C75H48B2O4Si/c1-45-35-56-60-38-48(74(78)80-43-46-21-7-2-8-22-46)36-58-53-31-18-20-34-64(53)77(72(58)60)66-41-62-67(82(50-25-11-4-12-26-50,51-27-13-5-14-28-51)52-29-15-6-16-30-52)42-57-61-39-49(75(79)81-44-47-23-9-3-10-24-47)37-59-54-32-17-19-33-63(54)76(73(59)61)65-40-55(45)70(68(56)66)71(62)69(57)65/h2-42H,43-44H2,1H3. The van der Waals surface area contributed by atoms with Crippen molar-refractivity contribution in [3.05, 3.63) is 277 Å². The molecule has 0 aliphatic carbocycles. The van der Waals surface area contributed by atoms with Crippen molar-refractivity contribution in [3.63, 3.8) is 0 Å². The molecule has 0 N–H and O–H groups in total. The first-order chi connectivity index (χ1) is 40.4. The zero-order chi connectivity index (χ0) is 54.4. The molecule has 4 aliphatic heterocycles. The number of aryl methyl sites for hydroxylation is 1. The number of hydrogen-bond donors (Lipinski definition) is 0. The van der Waals surface area contributed by atoms with Crippen molar-refractivity contribution in [2.45, 2.75) is 20.1 Å². The zero-order valence-corrected chi connectivity index (χ0v) is 45.9. The third-order valence-corrected chi connectivity index (χ3v) is 23.4. The minimum atomic E-state index is -3.32. The van der Waals surface area contributed by atoms with Gasteiger partial charge in [-0.3, -0.25) is 0 Å². The largest absolute Gasteiger partial charge is 0.457 e. The summed E-state index contributed by atoms with van der Waals surface area (Å²) in [6, 6.07) is 89.9. The van der Waals surface area contributed by atoms with Gasteiger partial charge in [-0.25, -0.2) is 9.59 Å². The van der Waals surface area contributed by atoms with Crippen LogP contribution in [0.4, 0.5) is 0 Å². The van der Waals surface area contributed by atoms with Gasteiger partial charge in [0.15, 0.2) is 8.07 Å². The van der Waals surface area contributed by atoms with Crippen molar-refractivity contribution in [1.29, 1.82) is 0 Å². The predicted molar refractivity (Wildman–Crippen MR) is 341 cm³/mol. The second kappa shape index (κ2) is 17.8. The van der Waals surface area contributed by atoms with Gasteiger partial charge >= 0.3 is 11.9 Å². The SMILES string of the molecule is Cc1cc2c3c(cc4c([Si](c5ccccc5)(c5ccccc5)c5ccccc5)cc5c6c(cc1c3c46)B1c3ccccc3-c3cc(C(=O)OCc4ccccc4)cc-5c31)B1c3ccccc3-c3cc(C(=O)OCc4ccccc4)cc-2c31. The quantitative estimate of drug-likeness (QED) is 0.0593. The molecule has 17 rings (SSSR count). The van der Waals surface area contributed by atoms with Gasteiger partial charge in [-0.05, 0) is 145 Å². The summed E-state index contributed by atoms with van der Waals surface area (Å²) in [7, 11) is -3.32. The van der Waals surface area contributed by atoms with E-state index in [0.29, 0.717) is 11.1 Å². The van der Waals surface area contributed by atoms with Gasteiger partial charge < -0.3 is 9.47 Å². The van der Waals surface area contributed by atoms with Crippen LogP contribution < -0.4 is 53.5 Å². The predicted octanol–water partition coefficient (Wildman–Crippen LogP) is 9.94. The number of fused-ring (bicyclic) bond motifs is 10. The zero-order valence-electron chi connectivity index (χ0n) is 44.9. The molecule has 0 spiro atoms. The molecule has 4 aliphatic rings. The van der Waals surface area contributed by atoms with Crippen LogP contribution in [0, 0.1) is 6.92 Å². The summed E-state index contributed by atoms with van der Waals surface area (Å²) >= 11 is 0. The number of carbonyl (C=O) groups is 2. The van der Waals surface area contributed by atoms with Crippen LogP contribution in [0.25, 0.3) is 76.8 Å². The molecule has 0 aromatic heterocycles. The monoisotopic (exact) mass is 1060 g/mol. The van der Waals surface area contributed by atoms with Crippen molar-refractivity contribution in [3.8, 4) is 44.5 Å². The van der Waals surface area contributed by atoms with E-state index < -0.39 is 8.07 Å². The number of rotatable bonds is 10. The number of hydrogen-bond acceptors (Lipinski definition) is 4. The van der Waals surface area contributed by atoms with Gasteiger partial charge in [0.05, 0.1) is 11.1 Å². The van der Waals surface area contributed by atoms with Crippen molar-refractivity contribution in [1.82, 2.24) is 0 Å². The molecule has 0 atom stereocenters. The lowest BCUT2D eigenvalue weighted by molar-refractivity contribution is 0.0464. The summed E-state index contributed by atoms with van der Waals surface area (Å²) in [5, 5.41) is 12.6. The van der Waals surface area contributed by atoms with E-state index in [2.05, 4.69) is 195 Å². The molecule has 7 heteroatoms. The Labute approximate surface area is 476 Å². The Hall–Kier alpha value is -9.81. The summed E-state index contributed by atoms with van der Waals surface area (Å²) in [5.41, 5.74) is 20.5. The maximum absolute atomic E-state index is 14.8. The Morgan fingerprint density at radius 1 is 0.354 bits per heavy atom. The fraction of sp³-hybridized carbons (Fsp3) is 0.0400. The average Bonchev–Trinajstić information content (AvgIpc) is 1.67. The molecule has 0 amide bonds. The van der Waals surface area contributed by atoms with Gasteiger partial charge in [0, 0.05) is 0 Å². The van der Waals surface area contributed by atoms with E-state index in [-0.39, 0.29) is 38.6 Å². The van der Waals surface area contributed by atoms with Crippen LogP contribution in [0.1, 0.15) is 37.4 Å².